The Bertz CT molecular complexity index is 721. The third kappa shape index (κ3) is 2.73. The van der Waals surface area contributed by atoms with Crippen LogP contribution >= 0.6 is 27.3 Å². The van der Waals surface area contributed by atoms with Gasteiger partial charge in [-0.3, -0.25) is 0 Å². The second-order valence-electron chi connectivity index (χ2n) is 4.45. The Labute approximate surface area is 130 Å². The number of thiophene rings is 1. The maximum Gasteiger partial charge on any atom is 0.119 e. The number of hydrogen-bond acceptors (Lipinski definition) is 3. The molecule has 0 unspecified atom stereocenters. The van der Waals surface area contributed by atoms with Crippen LogP contribution in [0.3, 0.4) is 0 Å². The second kappa shape index (κ2) is 5.95. The summed E-state index contributed by atoms with van der Waals surface area (Å²) in [6.45, 7) is 1.11. The Morgan fingerprint density at radius 2 is 1.80 bits per heavy atom. The Morgan fingerprint density at radius 3 is 2.55 bits per heavy atom. The molecule has 0 saturated heterocycles. The average molecular weight is 348 g/mol. The van der Waals surface area contributed by atoms with E-state index in [9.17, 15) is 0 Å². The first-order valence-corrected chi connectivity index (χ1v) is 7.96. The van der Waals surface area contributed by atoms with Crippen molar-refractivity contribution in [3.05, 3.63) is 63.4 Å². The third-order valence-electron chi connectivity index (χ3n) is 3.16. The number of hydrogen-bond donors (Lipinski definition) is 1. The highest BCUT2D eigenvalue weighted by Gasteiger charge is 2.11. The summed E-state index contributed by atoms with van der Waals surface area (Å²) in [6, 6.07) is 16.2. The highest BCUT2D eigenvalue weighted by Crippen LogP contribution is 2.32. The van der Waals surface area contributed by atoms with Crippen LogP contribution in [0.2, 0.25) is 0 Å². The first-order chi connectivity index (χ1) is 9.78. The van der Waals surface area contributed by atoms with E-state index in [0.717, 1.165) is 10.2 Å². The first-order valence-electron chi connectivity index (χ1n) is 6.35. The van der Waals surface area contributed by atoms with Crippen LogP contribution in [0.5, 0.6) is 5.75 Å². The predicted molar refractivity (Wildman–Crippen MR) is 88.2 cm³/mol. The molecule has 20 heavy (non-hydrogen) atoms. The smallest absolute Gasteiger partial charge is 0.119 e. The van der Waals surface area contributed by atoms with Gasteiger partial charge in [0.1, 0.15) is 12.4 Å². The van der Waals surface area contributed by atoms with Gasteiger partial charge in [-0.2, -0.15) is 0 Å². The summed E-state index contributed by atoms with van der Waals surface area (Å²) < 4.78 is 8.20. The van der Waals surface area contributed by atoms with E-state index >= 15 is 0 Å². The number of nitrogens with two attached hydrogens (primary N) is 1. The van der Waals surface area contributed by atoms with E-state index in [-0.39, 0.29) is 0 Å². The molecule has 2 aromatic carbocycles. The van der Waals surface area contributed by atoms with E-state index in [2.05, 4.69) is 40.2 Å². The zero-order valence-electron chi connectivity index (χ0n) is 10.8. The number of fused-ring (bicyclic) bond motifs is 1. The van der Waals surface area contributed by atoms with Gasteiger partial charge in [0.05, 0.1) is 0 Å². The van der Waals surface area contributed by atoms with Crippen LogP contribution in [0.25, 0.3) is 10.1 Å². The van der Waals surface area contributed by atoms with Gasteiger partial charge in [0.2, 0.25) is 0 Å². The van der Waals surface area contributed by atoms with Gasteiger partial charge in [-0.25, -0.2) is 0 Å². The first kappa shape index (κ1) is 13.6. The fraction of sp³-hybridized carbons (Fsp3) is 0.125. The van der Waals surface area contributed by atoms with Crippen LogP contribution < -0.4 is 10.5 Å². The summed E-state index contributed by atoms with van der Waals surface area (Å²) in [4.78, 5) is 1.20. The Morgan fingerprint density at radius 1 is 1.05 bits per heavy atom. The van der Waals surface area contributed by atoms with Crippen molar-refractivity contribution >= 4 is 37.4 Å². The van der Waals surface area contributed by atoms with Crippen molar-refractivity contribution in [2.24, 2.45) is 5.73 Å². The predicted octanol–water partition coefficient (Wildman–Crippen LogP) is 4.70. The molecule has 1 heterocycles. The van der Waals surface area contributed by atoms with Crippen LogP contribution in [-0.2, 0) is 13.2 Å². The van der Waals surface area contributed by atoms with E-state index in [4.69, 9.17) is 10.5 Å². The van der Waals surface area contributed by atoms with E-state index in [1.54, 1.807) is 11.3 Å². The number of rotatable bonds is 4. The summed E-state index contributed by atoms with van der Waals surface area (Å²) in [7, 11) is 0. The van der Waals surface area contributed by atoms with Crippen molar-refractivity contribution in [1.82, 2.24) is 0 Å². The topological polar surface area (TPSA) is 35.2 Å². The fourth-order valence-corrected chi connectivity index (χ4v) is 3.51. The van der Waals surface area contributed by atoms with Crippen LogP contribution in [0.15, 0.2) is 53.0 Å². The van der Waals surface area contributed by atoms with E-state index in [0.29, 0.717) is 13.2 Å². The lowest BCUT2D eigenvalue weighted by Crippen LogP contribution is -2.01. The summed E-state index contributed by atoms with van der Waals surface area (Å²) in [5.74, 6) is 0.867. The van der Waals surface area contributed by atoms with Crippen LogP contribution in [0.4, 0.5) is 0 Å². The number of ether oxygens (including phenoxy) is 1. The monoisotopic (exact) mass is 347 g/mol. The minimum absolute atomic E-state index is 0.554. The van der Waals surface area contributed by atoms with Gasteiger partial charge in [0.25, 0.3) is 0 Å². The molecule has 4 heteroatoms. The zero-order valence-corrected chi connectivity index (χ0v) is 13.2. The Kier molecular flexibility index (Phi) is 4.05. The van der Waals surface area contributed by atoms with Gasteiger partial charge in [-0.1, -0.05) is 34.1 Å². The van der Waals surface area contributed by atoms with Crippen molar-refractivity contribution in [2.75, 3.05) is 0 Å². The quantitative estimate of drug-likeness (QED) is 0.742. The average Bonchev–Trinajstić information content (AvgIpc) is 2.84. The molecule has 0 aliphatic rings. The maximum absolute atomic E-state index is 5.89. The van der Waals surface area contributed by atoms with Gasteiger partial charge < -0.3 is 10.5 Å². The van der Waals surface area contributed by atoms with E-state index in [1.807, 2.05) is 24.3 Å². The molecule has 0 amide bonds. The molecule has 2 nitrogen and oxygen atoms in total. The maximum atomic E-state index is 5.89. The lowest BCUT2D eigenvalue weighted by molar-refractivity contribution is 0.307. The van der Waals surface area contributed by atoms with E-state index < -0.39 is 0 Å². The minimum atomic E-state index is 0.554. The normalized spacial score (nSPS) is 10.9. The number of halogens is 1. The molecule has 0 aliphatic heterocycles. The molecule has 2 N–H and O–H groups in total. The standard InChI is InChI=1S/C16H14BrNOS/c17-11-5-7-12(8-6-11)19-10-14-13-3-1-2-4-15(13)20-16(14)9-18/h1-8H,9-10,18H2. The molecule has 102 valence electrons. The molecular weight excluding hydrogens is 334 g/mol. The third-order valence-corrected chi connectivity index (χ3v) is 4.93. The molecule has 3 rings (SSSR count). The van der Waals surface area contributed by atoms with Crippen molar-refractivity contribution in [1.29, 1.82) is 0 Å². The molecule has 0 atom stereocenters. The summed E-state index contributed by atoms with van der Waals surface area (Å²) >= 11 is 5.17. The molecule has 0 fully saturated rings. The minimum Gasteiger partial charge on any atom is -0.489 e. The molecule has 3 aromatic rings. The zero-order chi connectivity index (χ0) is 13.9. The highest BCUT2D eigenvalue weighted by molar-refractivity contribution is 9.10. The molecular formula is C16H14BrNOS. The van der Waals surface area contributed by atoms with Crippen molar-refractivity contribution in [2.45, 2.75) is 13.2 Å². The lowest BCUT2D eigenvalue weighted by atomic mass is 10.1. The lowest BCUT2D eigenvalue weighted by Gasteiger charge is -2.07. The van der Waals surface area contributed by atoms with Crippen LogP contribution in [-0.4, -0.2) is 0 Å². The van der Waals surface area contributed by atoms with Gasteiger partial charge in [0, 0.05) is 26.2 Å². The molecule has 1 aromatic heterocycles. The van der Waals surface area contributed by atoms with Gasteiger partial charge in [0.15, 0.2) is 0 Å². The van der Waals surface area contributed by atoms with E-state index in [1.165, 1.54) is 20.5 Å². The van der Waals surface area contributed by atoms with Crippen molar-refractivity contribution < 1.29 is 4.74 Å². The number of benzene rings is 2. The SMILES string of the molecule is NCc1sc2ccccc2c1COc1ccc(Br)cc1. The summed E-state index contributed by atoms with van der Waals surface area (Å²) in [5.41, 5.74) is 7.06. The highest BCUT2D eigenvalue weighted by atomic mass is 79.9. The molecule has 0 saturated carbocycles. The molecule has 0 radical (unpaired) electrons. The van der Waals surface area contributed by atoms with Gasteiger partial charge >= 0.3 is 0 Å². The van der Waals surface area contributed by atoms with Gasteiger partial charge in [-0.05, 0) is 35.7 Å². The molecule has 0 spiro atoms. The Hall–Kier alpha value is -1.36. The van der Waals surface area contributed by atoms with Crippen molar-refractivity contribution in [3.63, 3.8) is 0 Å². The molecule has 0 aliphatic carbocycles. The summed E-state index contributed by atoms with van der Waals surface area (Å²) in [5, 5.41) is 1.25. The van der Waals surface area contributed by atoms with Gasteiger partial charge in [-0.15, -0.1) is 11.3 Å². The van der Waals surface area contributed by atoms with Crippen molar-refractivity contribution in [3.8, 4) is 5.75 Å². The second-order valence-corrected chi connectivity index (χ2v) is 6.50. The van der Waals surface area contributed by atoms with Crippen LogP contribution in [0.1, 0.15) is 10.4 Å². The fourth-order valence-electron chi connectivity index (χ4n) is 2.16. The Balaban J connectivity index is 1.88. The largest absolute Gasteiger partial charge is 0.489 e. The summed E-state index contributed by atoms with van der Waals surface area (Å²) in [6.07, 6.45) is 0. The van der Waals surface area contributed by atoms with Crippen LogP contribution in [0, 0.1) is 0 Å². The molecule has 0 bridgehead atoms.